The monoisotopic (exact) mass is 464 g/mol. The van der Waals surface area contributed by atoms with Crippen LogP contribution in [0.15, 0.2) is 101 Å². The van der Waals surface area contributed by atoms with Gasteiger partial charge < -0.3 is 0 Å². The average Bonchev–Trinajstić information content (AvgIpc) is 2.73. The van der Waals surface area contributed by atoms with E-state index in [1.54, 1.807) is 14.0 Å². The fourth-order valence-electron chi connectivity index (χ4n) is 3.76. The van der Waals surface area contributed by atoms with Crippen LogP contribution in [0, 0.1) is 0 Å². The molecular weight excluding hydrogens is 439 g/mol. The Morgan fingerprint density at radius 3 is 1.44 bits per heavy atom. The number of allylic oxidation sites excluding steroid dienone is 1. The molecule has 3 rings (SSSR count). The summed E-state index contributed by atoms with van der Waals surface area (Å²) in [6.45, 7) is 2.11. The molecule has 3 heteroatoms. The number of carbonyl (C=O) groups is 1. The van der Waals surface area contributed by atoms with E-state index in [1.807, 2.05) is 24.3 Å². The number of carbonyl (C=O) groups excluding carboxylic acids is 1. The van der Waals surface area contributed by atoms with E-state index in [1.165, 1.54) is 10.7 Å². The fraction of sp³-hybridized carbons (Fsp3) is 0.125. The van der Waals surface area contributed by atoms with Gasteiger partial charge >= 0.3 is 166 Å². The molecule has 0 aliphatic carbocycles. The summed E-state index contributed by atoms with van der Waals surface area (Å²) in [5.74, 6) is 0.124. The topological polar surface area (TPSA) is 26.3 Å². The summed E-state index contributed by atoms with van der Waals surface area (Å²) in [5, 5.41) is 0. The van der Waals surface area contributed by atoms with Gasteiger partial charge in [-0.05, 0) is 0 Å². The van der Waals surface area contributed by atoms with Crippen LogP contribution in [-0.4, -0.2) is 37.9 Å². The summed E-state index contributed by atoms with van der Waals surface area (Å²) in [4.78, 5) is 12.9. The van der Waals surface area contributed by atoms with Gasteiger partial charge in [0.15, 0.2) is 0 Å². The molecule has 0 bridgehead atoms. The van der Waals surface area contributed by atoms with Crippen molar-refractivity contribution in [2.45, 2.75) is 6.92 Å². The van der Waals surface area contributed by atoms with Crippen molar-refractivity contribution in [3.63, 3.8) is 0 Å². The van der Waals surface area contributed by atoms with E-state index in [0.29, 0.717) is 6.61 Å². The fourth-order valence-corrected chi connectivity index (χ4v) is 17.8. The molecule has 0 fully saturated rings. The van der Waals surface area contributed by atoms with Crippen molar-refractivity contribution in [1.29, 1.82) is 0 Å². The van der Waals surface area contributed by atoms with Crippen LogP contribution < -0.4 is 10.7 Å². The first-order valence-corrected chi connectivity index (χ1v) is 14.8. The van der Waals surface area contributed by atoms with E-state index in [9.17, 15) is 4.79 Å². The Labute approximate surface area is 165 Å². The van der Waals surface area contributed by atoms with Gasteiger partial charge in [-0.1, -0.05) is 0 Å². The molecule has 0 N–H and O–H groups in total. The van der Waals surface area contributed by atoms with Gasteiger partial charge in [0.05, 0.1) is 0 Å². The number of hydrogen-bond donors (Lipinski definition) is 0. The predicted molar refractivity (Wildman–Crippen MR) is 115 cm³/mol. The van der Waals surface area contributed by atoms with Crippen molar-refractivity contribution >= 4 is 34.9 Å². The summed E-state index contributed by atoms with van der Waals surface area (Å²) in [7, 11) is 1.67. The third-order valence-electron chi connectivity index (χ3n) is 4.86. The second-order valence-corrected chi connectivity index (χ2v) is 17.2. The molecule has 0 heterocycles. The molecule has 0 amide bonds. The molecule has 2 nitrogen and oxygen atoms in total. The summed E-state index contributed by atoms with van der Waals surface area (Å²) < 4.78 is 10.1. The molecule has 0 radical (unpaired) electrons. The van der Waals surface area contributed by atoms with Gasteiger partial charge in [-0.25, -0.2) is 0 Å². The molecule has 0 atom stereocenters. The molecule has 0 saturated carbocycles. The van der Waals surface area contributed by atoms with E-state index in [4.69, 9.17) is 4.74 Å². The van der Waals surface area contributed by atoms with E-state index >= 15 is 0 Å². The van der Waals surface area contributed by atoms with E-state index in [0.717, 1.165) is 3.59 Å². The number of hydrogen-bond acceptors (Lipinski definition) is 2. The summed E-state index contributed by atoms with van der Waals surface area (Å²) in [5.41, 5.74) is 0. The molecule has 0 saturated heterocycles. The molecule has 136 valence electrons. The zero-order valence-corrected chi connectivity index (χ0v) is 18.6. The van der Waals surface area contributed by atoms with Gasteiger partial charge in [-0.3, -0.25) is 0 Å². The molecular formula is C24H24O2Sn. The third-order valence-corrected chi connectivity index (χ3v) is 19.0. The molecule has 0 aromatic heterocycles. The van der Waals surface area contributed by atoms with Gasteiger partial charge in [0.2, 0.25) is 0 Å². The van der Waals surface area contributed by atoms with Gasteiger partial charge in [0, 0.05) is 0 Å². The number of Topliss-reactive ketones (excluding diaryl/α,β-unsaturated/α-hetero) is 1. The Kier molecular flexibility index (Phi) is 6.64. The quantitative estimate of drug-likeness (QED) is 0.398. The molecule has 0 aliphatic rings. The Balaban J connectivity index is 2.44. The van der Waals surface area contributed by atoms with Crippen molar-refractivity contribution in [2.75, 3.05) is 13.7 Å². The maximum atomic E-state index is 12.9. The zero-order chi connectivity index (χ0) is 19.1. The minimum absolute atomic E-state index is 0.124. The van der Waals surface area contributed by atoms with Crippen LogP contribution in [0.25, 0.3) is 0 Å². The Bertz CT molecular complexity index is 806. The molecule has 27 heavy (non-hydrogen) atoms. The van der Waals surface area contributed by atoms with Crippen molar-refractivity contribution in [3.8, 4) is 0 Å². The number of benzene rings is 3. The zero-order valence-electron chi connectivity index (χ0n) is 15.8. The third kappa shape index (κ3) is 3.92. The number of methoxy groups -OCH3 is 1. The van der Waals surface area contributed by atoms with Gasteiger partial charge in [-0.15, -0.1) is 0 Å². The molecule has 3 aromatic rings. The number of ether oxygens (including phenoxy) is 1. The standard InChI is InChI=1S/C6H9O2.3C6H5.Sn/c1-6(7)4-3-5-8-2;3*1-2-4-6-5-3-1;/h3H,5H2,1-2H3;3*1-5H;. The SMILES string of the molecule is COC/C=[C](/C(C)=O)[Sn]([c]1ccccc1)([c]1ccccc1)[c]1ccccc1. The van der Waals surface area contributed by atoms with Crippen molar-refractivity contribution < 1.29 is 9.53 Å². The maximum absolute atomic E-state index is 12.9. The summed E-state index contributed by atoms with van der Waals surface area (Å²) >= 11 is -3.76. The van der Waals surface area contributed by atoms with Crippen LogP contribution in [0.3, 0.4) is 0 Å². The van der Waals surface area contributed by atoms with E-state index < -0.39 is 18.4 Å². The second kappa shape index (κ2) is 9.16. The van der Waals surface area contributed by atoms with E-state index in [2.05, 4.69) is 72.8 Å². The van der Waals surface area contributed by atoms with Crippen LogP contribution in [0.5, 0.6) is 0 Å². The van der Waals surface area contributed by atoms with Crippen molar-refractivity contribution in [3.05, 3.63) is 101 Å². The summed E-state index contributed by atoms with van der Waals surface area (Å²) in [6, 6.07) is 31.6. The first-order valence-electron chi connectivity index (χ1n) is 9.08. The predicted octanol–water partition coefficient (Wildman–Crippen LogP) is 2.86. The van der Waals surface area contributed by atoms with Crippen LogP contribution in [-0.2, 0) is 9.53 Å². The first-order chi connectivity index (χ1) is 13.2. The molecule has 0 aliphatic heterocycles. The van der Waals surface area contributed by atoms with Crippen LogP contribution in [0.1, 0.15) is 6.92 Å². The Morgan fingerprint density at radius 1 is 0.778 bits per heavy atom. The van der Waals surface area contributed by atoms with Gasteiger partial charge in [0.25, 0.3) is 0 Å². The first kappa shape index (κ1) is 19.6. The van der Waals surface area contributed by atoms with E-state index in [-0.39, 0.29) is 5.78 Å². The average molecular weight is 463 g/mol. The second-order valence-electron chi connectivity index (χ2n) is 6.48. The number of rotatable bonds is 7. The minimum atomic E-state index is -3.76. The van der Waals surface area contributed by atoms with Crippen LogP contribution in [0.4, 0.5) is 0 Å². The van der Waals surface area contributed by atoms with Gasteiger partial charge in [0.1, 0.15) is 0 Å². The Hall–Kier alpha value is -2.17. The summed E-state index contributed by atoms with van der Waals surface area (Å²) in [6.07, 6.45) is 2.01. The molecule has 3 aromatic carbocycles. The molecule has 0 spiro atoms. The van der Waals surface area contributed by atoms with Crippen LogP contribution in [0.2, 0.25) is 0 Å². The van der Waals surface area contributed by atoms with Crippen LogP contribution >= 0.6 is 0 Å². The Morgan fingerprint density at radius 2 is 1.15 bits per heavy atom. The normalized spacial score (nSPS) is 12.0. The van der Waals surface area contributed by atoms with Crippen molar-refractivity contribution in [2.24, 2.45) is 0 Å². The van der Waals surface area contributed by atoms with Gasteiger partial charge in [-0.2, -0.15) is 0 Å². The van der Waals surface area contributed by atoms with Crippen molar-refractivity contribution in [1.82, 2.24) is 0 Å². The molecule has 0 unspecified atom stereocenters. The number of ketones is 1.